The first-order valence-electron chi connectivity index (χ1n) is 10.2. The van der Waals surface area contributed by atoms with Crippen molar-refractivity contribution in [2.45, 2.75) is 18.6 Å². The Labute approximate surface area is 167 Å². The smallest absolute Gasteiger partial charge is 0.119 e. The van der Waals surface area contributed by atoms with Gasteiger partial charge in [-0.3, -0.25) is 9.80 Å². The Hall–Kier alpha value is -1.92. The van der Waals surface area contributed by atoms with Gasteiger partial charge in [0.15, 0.2) is 0 Å². The zero-order valence-electron chi connectivity index (χ0n) is 16.4. The number of β-amino-alcohol motifs (C(OH)–C–C–N with tert-alkyl or cyclic N) is 1. The minimum absolute atomic E-state index is 0.675. The summed E-state index contributed by atoms with van der Waals surface area (Å²) in [5.41, 5.74) is 1.53. The van der Waals surface area contributed by atoms with Crippen molar-refractivity contribution in [3.05, 3.63) is 65.7 Å². The lowest BCUT2D eigenvalue weighted by Crippen LogP contribution is -2.38. The summed E-state index contributed by atoms with van der Waals surface area (Å²) in [6.45, 7) is 7.71. The van der Waals surface area contributed by atoms with Crippen LogP contribution in [0.2, 0.25) is 0 Å². The Morgan fingerprint density at radius 3 is 2.43 bits per heavy atom. The van der Waals surface area contributed by atoms with Crippen LogP contribution in [0.4, 0.5) is 0 Å². The molecule has 0 bridgehead atoms. The number of morpholine rings is 1. The molecule has 5 nitrogen and oxygen atoms in total. The third-order valence-electron chi connectivity index (χ3n) is 5.75. The lowest BCUT2D eigenvalue weighted by Gasteiger charge is -2.26. The predicted molar refractivity (Wildman–Crippen MR) is 109 cm³/mol. The number of rotatable bonds is 7. The van der Waals surface area contributed by atoms with E-state index >= 15 is 0 Å². The topological polar surface area (TPSA) is 45.2 Å². The number of likely N-dealkylation sites (tertiary alicyclic amines) is 1. The van der Waals surface area contributed by atoms with E-state index in [2.05, 4.69) is 21.9 Å². The fourth-order valence-corrected chi connectivity index (χ4v) is 4.06. The second kappa shape index (κ2) is 9.05. The molecular formula is C23H30N2O3. The average Bonchev–Trinajstić information content (AvgIpc) is 3.13. The highest BCUT2D eigenvalue weighted by Crippen LogP contribution is 2.32. The van der Waals surface area contributed by atoms with Crippen molar-refractivity contribution in [1.82, 2.24) is 9.80 Å². The molecule has 0 aliphatic carbocycles. The molecule has 1 atom stereocenters. The van der Waals surface area contributed by atoms with E-state index < -0.39 is 5.60 Å². The molecule has 28 heavy (non-hydrogen) atoms. The summed E-state index contributed by atoms with van der Waals surface area (Å²) in [5.74, 6) is 0.916. The lowest BCUT2D eigenvalue weighted by atomic mass is 9.93. The van der Waals surface area contributed by atoms with Crippen LogP contribution in [-0.4, -0.2) is 67.5 Å². The summed E-state index contributed by atoms with van der Waals surface area (Å²) in [5, 5.41) is 11.0. The van der Waals surface area contributed by atoms with Crippen LogP contribution in [0.3, 0.4) is 0 Å². The molecule has 5 heteroatoms. The van der Waals surface area contributed by atoms with Gasteiger partial charge in [0, 0.05) is 39.3 Å². The minimum Gasteiger partial charge on any atom is -0.492 e. The van der Waals surface area contributed by atoms with Gasteiger partial charge in [0.1, 0.15) is 18.0 Å². The maximum atomic E-state index is 11.0. The number of aliphatic hydroxyl groups is 1. The Morgan fingerprint density at radius 2 is 1.68 bits per heavy atom. The average molecular weight is 383 g/mol. The van der Waals surface area contributed by atoms with E-state index in [0.29, 0.717) is 13.2 Å². The van der Waals surface area contributed by atoms with Gasteiger partial charge in [-0.1, -0.05) is 42.5 Å². The monoisotopic (exact) mass is 382 g/mol. The molecule has 0 aromatic heterocycles. The van der Waals surface area contributed by atoms with Gasteiger partial charge in [-0.05, 0) is 29.7 Å². The molecule has 2 aliphatic rings. The first-order valence-corrected chi connectivity index (χ1v) is 10.2. The van der Waals surface area contributed by atoms with Gasteiger partial charge in [0.25, 0.3) is 0 Å². The quantitative estimate of drug-likeness (QED) is 0.797. The van der Waals surface area contributed by atoms with Crippen molar-refractivity contribution < 1.29 is 14.6 Å². The summed E-state index contributed by atoms with van der Waals surface area (Å²) >= 11 is 0. The normalized spacial score (nSPS) is 23.8. The second-order valence-corrected chi connectivity index (χ2v) is 7.80. The summed E-state index contributed by atoms with van der Waals surface area (Å²) in [7, 11) is 0. The van der Waals surface area contributed by atoms with Crippen LogP contribution >= 0.6 is 0 Å². The van der Waals surface area contributed by atoms with E-state index in [9.17, 15) is 5.11 Å². The van der Waals surface area contributed by atoms with E-state index in [0.717, 1.165) is 63.7 Å². The molecule has 0 amide bonds. The van der Waals surface area contributed by atoms with E-state index in [1.165, 1.54) is 5.56 Å². The van der Waals surface area contributed by atoms with Crippen molar-refractivity contribution in [2.24, 2.45) is 0 Å². The maximum Gasteiger partial charge on any atom is 0.119 e. The molecule has 0 spiro atoms. The van der Waals surface area contributed by atoms with Crippen LogP contribution in [0.5, 0.6) is 5.75 Å². The summed E-state index contributed by atoms with van der Waals surface area (Å²) in [6.07, 6.45) is 0.778. The fraction of sp³-hybridized carbons (Fsp3) is 0.478. The highest BCUT2D eigenvalue weighted by atomic mass is 16.5. The molecule has 2 aliphatic heterocycles. The summed E-state index contributed by atoms with van der Waals surface area (Å²) < 4.78 is 11.3. The Kier molecular flexibility index (Phi) is 6.27. The van der Waals surface area contributed by atoms with Crippen molar-refractivity contribution in [1.29, 1.82) is 0 Å². The Balaban J connectivity index is 1.24. The zero-order valence-corrected chi connectivity index (χ0v) is 16.4. The van der Waals surface area contributed by atoms with Crippen LogP contribution in [0.1, 0.15) is 17.5 Å². The highest BCUT2D eigenvalue weighted by Gasteiger charge is 2.37. The molecule has 0 radical (unpaired) electrons. The molecule has 1 N–H and O–H groups in total. The first kappa shape index (κ1) is 19.4. The second-order valence-electron chi connectivity index (χ2n) is 7.80. The minimum atomic E-state index is -0.732. The van der Waals surface area contributed by atoms with Crippen LogP contribution < -0.4 is 4.74 Å². The lowest BCUT2D eigenvalue weighted by molar-refractivity contribution is 0.0322. The number of nitrogens with zero attached hydrogens (tertiary/aromatic N) is 2. The number of hydrogen-bond donors (Lipinski definition) is 1. The molecular weight excluding hydrogens is 352 g/mol. The van der Waals surface area contributed by atoms with Gasteiger partial charge in [-0.2, -0.15) is 0 Å². The van der Waals surface area contributed by atoms with Crippen molar-refractivity contribution in [3.8, 4) is 5.75 Å². The van der Waals surface area contributed by atoms with E-state index in [4.69, 9.17) is 9.47 Å². The molecule has 150 valence electrons. The molecule has 2 heterocycles. The molecule has 0 unspecified atom stereocenters. The molecule has 2 fully saturated rings. The summed E-state index contributed by atoms with van der Waals surface area (Å²) in [4.78, 5) is 4.69. The van der Waals surface area contributed by atoms with Crippen LogP contribution in [0, 0.1) is 0 Å². The fourth-order valence-electron chi connectivity index (χ4n) is 4.06. The maximum absolute atomic E-state index is 11.0. The standard InChI is InChI=1S/C23H30N2O3/c26-23(21-4-2-1-3-5-21)10-11-25(19-23)18-20-6-8-22(9-7-20)28-17-14-24-12-15-27-16-13-24/h1-9,26H,10-19H2/t23-/m1/s1. The molecule has 0 saturated carbocycles. The van der Waals surface area contributed by atoms with Crippen LogP contribution in [0.15, 0.2) is 54.6 Å². The predicted octanol–water partition coefficient (Wildman–Crippen LogP) is 2.49. The van der Waals surface area contributed by atoms with Gasteiger partial charge in [0.05, 0.1) is 13.2 Å². The van der Waals surface area contributed by atoms with Crippen LogP contribution in [-0.2, 0) is 16.9 Å². The van der Waals surface area contributed by atoms with Crippen molar-refractivity contribution >= 4 is 0 Å². The van der Waals surface area contributed by atoms with Crippen molar-refractivity contribution in [2.75, 3.05) is 52.5 Å². The molecule has 4 rings (SSSR count). The number of benzene rings is 2. The Bertz CT molecular complexity index is 731. The van der Waals surface area contributed by atoms with Gasteiger partial charge in [0.2, 0.25) is 0 Å². The van der Waals surface area contributed by atoms with E-state index in [1.54, 1.807) is 0 Å². The van der Waals surface area contributed by atoms with Gasteiger partial charge < -0.3 is 14.6 Å². The SMILES string of the molecule is O[C@]1(c2ccccc2)CCN(Cc2ccc(OCCN3CCOCC3)cc2)C1. The Morgan fingerprint density at radius 1 is 0.929 bits per heavy atom. The number of ether oxygens (including phenoxy) is 2. The molecule has 2 saturated heterocycles. The zero-order chi connectivity index (χ0) is 19.2. The molecule has 2 aromatic rings. The van der Waals surface area contributed by atoms with Crippen molar-refractivity contribution in [3.63, 3.8) is 0 Å². The first-order chi connectivity index (χ1) is 13.7. The van der Waals surface area contributed by atoms with E-state index in [1.807, 2.05) is 42.5 Å². The van der Waals surface area contributed by atoms with Gasteiger partial charge >= 0.3 is 0 Å². The third-order valence-corrected chi connectivity index (χ3v) is 5.75. The highest BCUT2D eigenvalue weighted by molar-refractivity contribution is 5.28. The largest absolute Gasteiger partial charge is 0.492 e. The van der Waals surface area contributed by atoms with E-state index in [-0.39, 0.29) is 0 Å². The summed E-state index contributed by atoms with van der Waals surface area (Å²) in [6, 6.07) is 18.4. The number of hydrogen-bond acceptors (Lipinski definition) is 5. The molecule has 2 aromatic carbocycles. The third kappa shape index (κ3) is 4.92. The van der Waals surface area contributed by atoms with Crippen LogP contribution in [0.25, 0.3) is 0 Å². The van der Waals surface area contributed by atoms with Gasteiger partial charge in [-0.25, -0.2) is 0 Å². The van der Waals surface area contributed by atoms with Gasteiger partial charge in [-0.15, -0.1) is 0 Å².